The van der Waals surface area contributed by atoms with E-state index in [-0.39, 0.29) is 35.1 Å². The van der Waals surface area contributed by atoms with Crippen LogP contribution < -0.4 is 0 Å². The molecule has 0 aromatic carbocycles. The molecule has 0 aliphatic heterocycles. The average Bonchev–Trinajstić information content (AvgIpc) is 2.84. The molecule has 5 aliphatic carbocycles. The molecule has 0 saturated heterocycles. The maximum atomic E-state index is 13.4. The number of hydrogen-bond donors (Lipinski definition) is 5. The van der Waals surface area contributed by atoms with E-state index >= 15 is 0 Å². The molecule has 0 heterocycles. The first-order chi connectivity index (χ1) is 17.2. The molecule has 5 rings (SSSR count). The van der Waals surface area contributed by atoms with Crippen LogP contribution >= 0.6 is 0 Å². The molecule has 37 heavy (non-hydrogen) atoms. The molecule has 0 radical (unpaired) electrons. The van der Waals surface area contributed by atoms with Gasteiger partial charge in [0.2, 0.25) is 0 Å². The number of carbonyl (C=O) groups excluding carboxylic acids is 1. The Morgan fingerprint density at radius 3 is 2.35 bits per heavy atom. The van der Waals surface area contributed by atoms with Gasteiger partial charge in [-0.1, -0.05) is 46.3 Å². The highest BCUT2D eigenvalue weighted by atomic mass is 16.5. The van der Waals surface area contributed by atoms with Crippen LogP contribution in [0.2, 0.25) is 0 Å². The van der Waals surface area contributed by atoms with Gasteiger partial charge in [0.1, 0.15) is 11.7 Å². The fraction of sp³-hybridized carbons (Fsp3) is 0.900. The Hall–Kier alpha value is -0.990. The Labute approximate surface area is 221 Å². The van der Waals surface area contributed by atoms with E-state index in [2.05, 4.69) is 33.8 Å². The van der Waals surface area contributed by atoms with Crippen LogP contribution in [0.3, 0.4) is 0 Å². The zero-order valence-electron chi connectivity index (χ0n) is 23.4. The number of rotatable bonds is 2. The van der Waals surface area contributed by atoms with E-state index in [1.54, 1.807) is 0 Å². The Morgan fingerprint density at radius 2 is 1.73 bits per heavy atom. The summed E-state index contributed by atoms with van der Waals surface area (Å²) in [5, 5.41) is 55.0. The highest BCUT2D eigenvalue weighted by Gasteiger charge is 2.73. The van der Waals surface area contributed by atoms with Gasteiger partial charge in [-0.25, -0.2) is 0 Å². The average molecular weight is 521 g/mol. The summed E-state index contributed by atoms with van der Waals surface area (Å²) in [5.74, 6) is 0.0538. The SMILES string of the molecule is COC(=O)C12CCC(C)C(C)C1C1=CCC3C4(C)CC(O)C(O)C(O)(CO)C4C(O)CC3(C)C1(C)CC2. The summed E-state index contributed by atoms with van der Waals surface area (Å²) in [4.78, 5) is 13.4. The van der Waals surface area contributed by atoms with Crippen LogP contribution in [0.4, 0.5) is 0 Å². The minimum absolute atomic E-state index is 0.0179. The molecule has 5 aliphatic rings. The third-order valence-electron chi connectivity index (χ3n) is 13.1. The number of carbonyl (C=O) groups is 1. The molecule has 0 bridgehead atoms. The van der Waals surface area contributed by atoms with Crippen LogP contribution in [0, 0.1) is 51.2 Å². The second kappa shape index (κ2) is 8.50. The van der Waals surface area contributed by atoms with Gasteiger partial charge >= 0.3 is 5.97 Å². The van der Waals surface area contributed by atoms with Crippen molar-refractivity contribution < 1.29 is 35.1 Å². The lowest BCUT2D eigenvalue weighted by molar-refractivity contribution is -0.300. The van der Waals surface area contributed by atoms with Gasteiger partial charge in [0, 0.05) is 5.92 Å². The zero-order chi connectivity index (χ0) is 27.3. The minimum Gasteiger partial charge on any atom is -0.469 e. The number of aliphatic hydroxyl groups is 5. The van der Waals surface area contributed by atoms with Crippen LogP contribution in [-0.4, -0.2) is 69.1 Å². The number of esters is 1. The normalized spacial score (nSPS) is 57.2. The maximum absolute atomic E-state index is 13.4. The summed E-state index contributed by atoms with van der Waals surface area (Å²) < 4.78 is 5.43. The number of hydrogen-bond acceptors (Lipinski definition) is 7. The fourth-order valence-electron chi connectivity index (χ4n) is 11.0. The summed E-state index contributed by atoms with van der Waals surface area (Å²) in [6.07, 6.45) is 3.48. The largest absolute Gasteiger partial charge is 0.469 e. The predicted molar refractivity (Wildman–Crippen MR) is 138 cm³/mol. The second-order valence-corrected chi connectivity index (χ2v) is 14.3. The third-order valence-corrected chi connectivity index (χ3v) is 13.1. The molecule has 0 amide bonds. The lowest BCUT2D eigenvalue weighted by Gasteiger charge is -2.72. The minimum atomic E-state index is -1.97. The van der Waals surface area contributed by atoms with Crippen LogP contribution in [-0.2, 0) is 9.53 Å². The molecule has 13 unspecified atom stereocenters. The van der Waals surface area contributed by atoms with Crippen LogP contribution in [0.1, 0.15) is 79.6 Å². The van der Waals surface area contributed by atoms with Gasteiger partial charge in [-0.2, -0.15) is 0 Å². The summed E-state index contributed by atoms with van der Waals surface area (Å²) in [6, 6.07) is 0. The van der Waals surface area contributed by atoms with Crippen molar-refractivity contribution in [3.63, 3.8) is 0 Å². The van der Waals surface area contributed by atoms with Crippen molar-refractivity contribution in [2.75, 3.05) is 13.7 Å². The first kappa shape index (κ1) is 27.6. The third kappa shape index (κ3) is 3.21. The molecule has 210 valence electrons. The van der Waals surface area contributed by atoms with Gasteiger partial charge in [0.05, 0.1) is 31.3 Å². The van der Waals surface area contributed by atoms with E-state index in [0.717, 1.165) is 25.7 Å². The van der Waals surface area contributed by atoms with Crippen molar-refractivity contribution in [2.45, 2.75) is 103 Å². The summed E-state index contributed by atoms with van der Waals surface area (Å²) in [5.41, 5.74) is -2.50. The monoisotopic (exact) mass is 520 g/mol. The van der Waals surface area contributed by atoms with Crippen LogP contribution in [0.15, 0.2) is 11.6 Å². The lowest BCUT2D eigenvalue weighted by Crippen LogP contribution is -2.74. The van der Waals surface area contributed by atoms with E-state index < -0.39 is 47.3 Å². The fourth-order valence-corrected chi connectivity index (χ4v) is 11.0. The molecular weight excluding hydrogens is 472 g/mol. The number of aliphatic hydroxyl groups excluding tert-OH is 4. The smallest absolute Gasteiger partial charge is 0.312 e. The molecule has 0 aromatic rings. The van der Waals surface area contributed by atoms with Crippen molar-refractivity contribution >= 4 is 5.97 Å². The first-order valence-corrected chi connectivity index (χ1v) is 14.3. The lowest BCUT2D eigenvalue weighted by atomic mass is 9.33. The molecule has 7 heteroatoms. The summed E-state index contributed by atoms with van der Waals surface area (Å²) in [7, 11) is 1.50. The van der Waals surface area contributed by atoms with Gasteiger partial charge in [-0.15, -0.1) is 0 Å². The topological polar surface area (TPSA) is 127 Å². The quantitative estimate of drug-likeness (QED) is 0.280. The highest BCUT2D eigenvalue weighted by Crippen LogP contribution is 2.75. The first-order valence-electron chi connectivity index (χ1n) is 14.3. The zero-order valence-corrected chi connectivity index (χ0v) is 23.4. The van der Waals surface area contributed by atoms with Gasteiger partial charge in [0.15, 0.2) is 0 Å². The molecule has 0 aromatic heterocycles. The molecule has 0 spiro atoms. The number of allylic oxidation sites excluding steroid dienone is 2. The molecule has 5 N–H and O–H groups in total. The molecule has 13 atom stereocenters. The van der Waals surface area contributed by atoms with Gasteiger partial charge in [-0.05, 0) is 84.9 Å². The van der Waals surface area contributed by atoms with Crippen molar-refractivity contribution in [2.24, 2.45) is 51.2 Å². The van der Waals surface area contributed by atoms with Crippen LogP contribution in [0.5, 0.6) is 0 Å². The Morgan fingerprint density at radius 1 is 1.05 bits per heavy atom. The van der Waals surface area contributed by atoms with E-state index in [4.69, 9.17) is 4.74 Å². The predicted octanol–water partition coefficient (Wildman–Crippen LogP) is 2.82. The number of methoxy groups -OCH3 is 1. The van der Waals surface area contributed by atoms with E-state index in [1.165, 1.54) is 12.7 Å². The Bertz CT molecular complexity index is 981. The summed E-state index contributed by atoms with van der Waals surface area (Å²) in [6.45, 7) is 10.4. The van der Waals surface area contributed by atoms with Crippen molar-refractivity contribution in [3.05, 3.63) is 11.6 Å². The van der Waals surface area contributed by atoms with Crippen LogP contribution in [0.25, 0.3) is 0 Å². The van der Waals surface area contributed by atoms with Gasteiger partial charge < -0.3 is 30.3 Å². The molecular formula is C30H48O7. The van der Waals surface area contributed by atoms with E-state index in [0.29, 0.717) is 24.7 Å². The van der Waals surface area contributed by atoms with Gasteiger partial charge in [-0.3, -0.25) is 4.79 Å². The Balaban J connectivity index is 1.65. The van der Waals surface area contributed by atoms with Crippen molar-refractivity contribution in [3.8, 4) is 0 Å². The van der Waals surface area contributed by atoms with Crippen molar-refractivity contribution in [1.29, 1.82) is 0 Å². The molecule has 4 fully saturated rings. The highest BCUT2D eigenvalue weighted by molar-refractivity contribution is 5.78. The Kier molecular flexibility index (Phi) is 6.34. The van der Waals surface area contributed by atoms with Crippen molar-refractivity contribution in [1.82, 2.24) is 0 Å². The van der Waals surface area contributed by atoms with Gasteiger partial charge in [0.25, 0.3) is 0 Å². The van der Waals surface area contributed by atoms with E-state index in [1.807, 2.05) is 6.92 Å². The number of fused-ring (bicyclic) bond motifs is 7. The standard InChI is InChI=1S/C30H48O7/c1-16-9-10-29(25(35)37-6)12-11-27(4)18(22(29)17(16)2)7-8-21-26(3)13-20(33)24(34)30(36,15-31)23(26)19(32)14-28(21,27)5/h7,16-17,19-24,31-34,36H,8-15H2,1-6H3. The maximum Gasteiger partial charge on any atom is 0.312 e. The second-order valence-electron chi connectivity index (χ2n) is 14.3. The molecule has 4 saturated carbocycles. The number of ether oxygens (including phenoxy) is 1. The summed E-state index contributed by atoms with van der Waals surface area (Å²) >= 11 is 0. The van der Waals surface area contributed by atoms with E-state index in [9.17, 15) is 30.3 Å². The molecule has 7 nitrogen and oxygen atoms in total.